The van der Waals surface area contributed by atoms with E-state index in [2.05, 4.69) is 10.3 Å². The number of nitrogens with zero attached hydrogens (tertiary/aromatic N) is 3. The van der Waals surface area contributed by atoms with E-state index in [1.54, 1.807) is 6.92 Å². The van der Waals surface area contributed by atoms with Crippen molar-refractivity contribution in [2.75, 3.05) is 7.05 Å². The molecule has 0 aliphatic carbocycles. The number of hydrogen-bond donors (Lipinski definition) is 1. The first-order valence-corrected chi connectivity index (χ1v) is 5.02. The molecule has 1 unspecified atom stereocenters. The molecule has 0 saturated carbocycles. The van der Waals surface area contributed by atoms with E-state index >= 15 is 0 Å². The Balaban J connectivity index is 2.66. The van der Waals surface area contributed by atoms with E-state index in [-0.39, 0.29) is 5.91 Å². The van der Waals surface area contributed by atoms with E-state index in [0.717, 1.165) is 10.6 Å². The van der Waals surface area contributed by atoms with E-state index in [9.17, 15) is 4.79 Å². The van der Waals surface area contributed by atoms with Gasteiger partial charge in [-0.3, -0.25) is 4.79 Å². The summed E-state index contributed by atoms with van der Waals surface area (Å²) in [4.78, 5) is 11.4. The van der Waals surface area contributed by atoms with Crippen molar-refractivity contribution in [2.24, 2.45) is 16.1 Å². The molecule has 0 fully saturated rings. The molecule has 1 amide bonds. The third-order valence-electron chi connectivity index (χ3n) is 2.04. The Morgan fingerprint density at radius 3 is 2.44 bits per heavy atom. The summed E-state index contributed by atoms with van der Waals surface area (Å²) < 4.78 is 0. The first-order chi connectivity index (χ1) is 7.50. The van der Waals surface area contributed by atoms with Crippen LogP contribution in [0.2, 0.25) is 0 Å². The second-order valence-electron chi connectivity index (χ2n) is 3.68. The van der Waals surface area contributed by atoms with Crippen LogP contribution >= 0.6 is 0 Å². The number of amides is 1. The van der Waals surface area contributed by atoms with Gasteiger partial charge in [-0.15, -0.1) is 5.11 Å². The van der Waals surface area contributed by atoms with E-state index < -0.39 is 6.04 Å². The first kappa shape index (κ1) is 12.3. The third kappa shape index (κ3) is 3.43. The minimum Gasteiger partial charge on any atom is -0.320 e. The molecule has 5 heteroatoms. The normalized spacial score (nSPS) is 12.8. The van der Waals surface area contributed by atoms with Crippen molar-refractivity contribution < 1.29 is 4.79 Å². The highest BCUT2D eigenvalue weighted by Gasteiger charge is 2.12. The van der Waals surface area contributed by atoms with Gasteiger partial charge in [0.2, 0.25) is 0 Å². The van der Waals surface area contributed by atoms with E-state index in [4.69, 9.17) is 5.73 Å². The van der Waals surface area contributed by atoms with Crippen LogP contribution in [0.4, 0.5) is 5.69 Å². The zero-order valence-corrected chi connectivity index (χ0v) is 9.71. The number of carbonyl (C=O) groups is 1. The lowest BCUT2D eigenvalue weighted by molar-refractivity contribution is -0.131. The Morgan fingerprint density at radius 2 is 1.94 bits per heavy atom. The van der Waals surface area contributed by atoms with Gasteiger partial charge in [-0.25, -0.2) is 5.01 Å². The molecule has 0 aromatic heterocycles. The maximum Gasteiger partial charge on any atom is 0.260 e. The van der Waals surface area contributed by atoms with Crippen molar-refractivity contribution in [1.82, 2.24) is 5.01 Å². The monoisotopic (exact) mass is 220 g/mol. The maximum absolute atomic E-state index is 11.4. The molecule has 1 atom stereocenters. The molecule has 5 nitrogen and oxygen atoms in total. The molecule has 0 spiro atoms. The molecule has 1 rings (SSSR count). The molecular weight excluding hydrogens is 204 g/mol. The van der Waals surface area contributed by atoms with Gasteiger partial charge in [0.25, 0.3) is 5.91 Å². The Morgan fingerprint density at radius 1 is 1.38 bits per heavy atom. The van der Waals surface area contributed by atoms with Crippen molar-refractivity contribution in [1.29, 1.82) is 0 Å². The van der Waals surface area contributed by atoms with Gasteiger partial charge >= 0.3 is 0 Å². The zero-order chi connectivity index (χ0) is 12.1. The quantitative estimate of drug-likeness (QED) is 0.623. The minimum absolute atomic E-state index is 0.268. The lowest BCUT2D eigenvalue weighted by Gasteiger charge is -2.11. The van der Waals surface area contributed by atoms with Crippen LogP contribution in [0.1, 0.15) is 12.5 Å². The second kappa shape index (κ2) is 5.37. The van der Waals surface area contributed by atoms with Gasteiger partial charge < -0.3 is 5.73 Å². The fourth-order valence-electron chi connectivity index (χ4n) is 1.07. The van der Waals surface area contributed by atoms with E-state index in [0.29, 0.717) is 5.69 Å². The molecule has 86 valence electrons. The van der Waals surface area contributed by atoms with Crippen molar-refractivity contribution >= 4 is 11.6 Å². The molecule has 0 bridgehead atoms. The molecule has 16 heavy (non-hydrogen) atoms. The highest BCUT2D eigenvalue weighted by molar-refractivity contribution is 5.80. The van der Waals surface area contributed by atoms with Crippen LogP contribution in [0.5, 0.6) is 0 Å². The maximum atomic E-state index is 11.4. The number of nitrogens with two attached hydrogens (primary N) is 1. The molecule has 2 N–H and O–H groups in total. The SMILES string of the molecule is Cc1ccc(N=NN(C)C(=O)C(C)N)cc1. The highest BCUT2D eigenvalue weighted by atomic mass is 16.2. The molecule has 0 aliphatic heterocycles. The summed E-state index contributed by atoms with van der Waals surface area (Å²) in [5.41, 5.74) is 7.29. The summed E-state index contributed by atoms with van der Waals surface area (Å²) in [7, 11) is 1.53. The topological polar surface area (TPSA) is 71.0 Å². The average molecular weight is 220 g/mol. The summed E-state index contributed by atoms with van der Waals surface area (Å²) >= 11 is 0. The van der Waals surface area contributed by atoms with Gasteiger partial charge in [0.05, 0.1) is 11.7 Å². The Hall–Kier alpha value is -1.75. The van der Waals surface area contributed by atoms with Crippen LogP contribution in [0.25, 0.3) is 0 Å². The zero-order valence-electron chi connectivity index (χ0n) is 9.71. The van der Waals surface area contributed by atoms with Crippen molar-refractivity contribution in [3.63, 3.8) is 0 Å². The predicted molar refractivity (Wildman–Crippen MR) is 62.1 cm³/mol. The second-order valence-corrected chi connectivity index (χ2v) is 3.68. The number of rotatable bonds is 3. The van der Waals surface area contributed by atoms with Crippen LogP contribution in [-0.2, 0) is 4.79 Å². The lowest BCUT2D eigenvalue weighted by atomic mass is 10.2. The van der Waals surface area contributed by atoms with Crippen LogP contribution in [-0.4, -0.2) is 24.0 Å². The van der Waals surface area contributed by atoms with E-state index in [1.165, 1.54) is 7.05 Å². The van der Waals surface area contributed by atoms with Crippen LogP contribution < -0.4 is 5.73 Å². The smallest absolute Gasteiger partial charge is 0.260 e. The van der Waals surface area contributed by atoms with Crippen molar-refractivity contribution in [2.45, 2.75) is 19.9 Å². The number of benzene rings is 1. The van der Waals surface area contributed by atoms with Gasteiger partial charge in [-0.1, -0.05) is 22.9 Å². The molecular formula is C11H16N4O. The van der Waals surface area contributed by atoms with Gasteiger partial charge in [0, 0.05) is 7.05 Å². The first-order valence-electron chi connectivity index (χ1n) is 5.02. The Bertz CT molecular complexity index is 383. The standard InChI is InChI=1S/C11H16N4O/c1-8-4-6-10(7-5-8)13-14-15(3)11(16)9(2)12/h4-7,9H,12H2,1-3H3. The van der Waals surface area contributed by atoms with Crippen molar-refractivity contribution in [3.8, 4) is 0 Å². The van der Waals surface area contributed by atoms with Crippen LogP contribution in [0.15, 0.2) is 34.6 Å². The van der Waals surface area contributed by atoms with Crippen LogP contribution in [0.3, 0.4) is 0 Å². The molecule has 0 saturated heterocycles. The Labute approximate surface area is 94.9 Å². The molecule has 0 radical (unpaired) electrons. The van der Waals surface area contributed by atoms with Gasteiger partial charge in [-0.2, -0.15) is 0 Å². The van der Waals surface area contributed by atoms with Crippen LogP contribution in [0, 0.1) is 6.92 Å². The molecule has 1 aromatic carbocycles. The number of likely N-dealkylation sites (N-methyl/N-ethyl adjacent to an activating group) is 1. The lowest BCUT2D eigenvalue weighted by Crippen LogP contribution is -2.36. The minimum atomic E-state index is -0.568. The van der Waals surface area contributed by atoms with Gasteiger partial charge in [0.1, 0.15) is 0 Å². The third-order valence-corrected chi connectivity index (χ3v) is 2.04. The Kier molecular flexibility index (Phi) is 4.13. The largest absolute Gasteiger partial charge is 0.320 e. The van der Waals surface area contributed by atoms with E-state index in [1.807, 2.05) is 31.2 Å². The van der Waals surface area contributed by atoms with Gasteiger partial charge in [-0.05, 0) is 26.0 Å². The fourth-order valence-corrected chi connectivity index (χ4v) is 1.07. The summed E-state index contributed by atoms with van der Waals surface area (Å²) in [6.07, 6.45) is 0. The van der Waals surface area contributed by atoms with Crippen molar-refractivity contribution in [3.05, 3.63) is 29.8 Å². The number of hydrogen-bond acceptors (Lipinski definition) is 4. The molecule has 1 aromatic rings. The number of aryl methyl sites for hydroxylation is 1. The fraction of sp³-hybridized carbons (Fsp3) is 0.364. The predicted octanol–water partition coefficient (Wildman–Crippen LogP) is 1.80. The summed E-state index contributed by atoms with van der Waals surface area (Å²) in [6, 6.07) is 6.97. The highest BCUT2D eigenvalue weighted by Crippen LogP contribution is 2.13. The summed E-state index contributed by atoms with van der Waals surface area (Å²) in [6.45, 7) is 3.60. The number of carbonyl (C=O) groups excluding carboxylic acids is 1. The molecule has 0 heterocycles. The summed E-state index contributed by atoms with van der Waals surface area (Å²) in [5.74, 6) is -0.268. The molecule has 0 aliphatic rings. The van der Waals surface area contributed by atoms with Gasteiger partial charge in [0.15, 0.2) is 0 Å². The average Bonchev–Trinajstić information content (AvgIpc) is 2.26. The summed E-state index contributed by atoms with van der Waals surface area (Å²) in [5, 5.41) is 8.84.